The predicted molar refractivity (Wildman–Crippen MR) is 415 cm³/mol. The molecule has 0 bridgehead atoms. The number of ether oxygens (including phenoxy) is 4. The molecule has 0 N–H and O–H groups in total. The molecular weight excluding hydrogens is 1360 g/mol. The van der Waals surface area contributed by atoms with E-state index in [9.17, 15) is 16.8 Å². The number of hydrogen-bond donors (Lipinski definition) is 0. The minimum Gasteiger partial charge on any atom is -0.348 e. The van der Waals surface area contributed by atoms with Gasteiger partial charge < -0.3 is 18.9 Å². The Morgan fingerprint density at radius 2 is 0.736 bits per heavy atom. The number of aromatic nitrogens is 8. The first kappa shape index (κ1) is 70.7. The zero-order valence-electron chi connectivity index (χ0n) is 57.0. The van der Waals surface area contributed by atoms with Crippen LogP contribution >= 0.6 is 0 Å². The van der Waals surface area contributed by atoms with E-state index in [1.165, 1.54) is 7.94 Å². The highest BCUT2D eigenvalue weighted by Gasteiger charge is 2.44. The number of benzene rings is 8. The molecule has 6 aromatic heterocycles. The molecular formula is C88H82N8O8S2. The number of hydrogen-bond acceptors (Lipinski definition) is 12. The molecule has 0 amide bonds. The molecule has 18 heteroatoms. The Bertz CT molecular complexity index is 5450. The largest absolute Gasteiger partial charge is 0.348 e. The number of allylic oxidation sites excluding steroid dienone is 1. The average Bonchev–Trinajstić information content (AvgIpc) is 1.48. The van der Waals surface area contributed by atoms with Gasteiger partial charge in [-0.2, -0.15) is 10.2 Å². The number of pyridine rings is 2. The summed E-state index contributed by atoms with van der Waals surface area (Å²) in [6.07, 6.45) is 22.5. The Hall–Kier alpha value is -11.0. The SMILES string of the molecule is C.C.O=S(=O)(c1ccccc1)n1cc(-c2cnn(C(c3ccccc3)(c3ccccc3)c3ccccc3)c2)c2cc(C3=CCC4(CC3)OCCO4)cnc21.O=S(=O)(c1ccccc1)n1cc(-c2cnn(C(c3ccccc3)(c3ccccc3)c3ccccc3)c2)c2cc(C3CCC4(CC3)OCCO4)cnc21. The van der Waals surface area contributed by atoms with Gasteiger partial charge in [-0.1, -0.05) is 239 Å². The summed E-state index contributed by atoms with van der Waals surface area (Å²) in [5.41, 5.74) is 11.5. The molecule has 534 valence electrons. The maximum absolute atomic E-state index is 14.2. The molecule has 2 saturated heterocycles. The Kier molecular flexibility index (Phi) is 19.5. The molecule has 8 aromatic carbocycles. The van der Waals surface area contributed by atoms with Crippen molar-refractivity contribution in [2.45, 2.75) is 98.2 Å². The Labute approximate surface area is 618 Å². The van der Waals surface area contributed by atoms with Gasteiger partial charge in [0.05, 0.1) is 48.6 Å². The van der Waals surface area contributed by atoms with Gasteiger partial charge in [0.15, 0.2) is 22.9 Å². The topological polar surface area (TPSA) is 176 Å². The summed E-state index contributed by atoms with van der Waals surface area (Å²) < 4.78 is 87.4. The fourth-order valence-corrected chi connectivity index (χ4v) is 18.7. The lowest BCUT2D eigenvalue weighted by molar-refractivity contribution is -0.178. The van der Waals surface area contributed by atoms with Gasteiger partial charge in [-0.3, -0.25) is 9.36 Å². The van der Waals surface area contributed by atoms with Crippen LogP contribution in [0.4, 0.5) is 0 Å². The highest BCUT2D eigenvalue weighted by atomic mass is 32.2. The van der Waals surface area contributed by atoms with Gasteiger partial charge in [0, 0.05) is 95.9 Å². The normalized spacial score (nSPS) is 15.9. The van der Waals surface area contributed by atoms with Crippen molar-refractivity contribution >= 4 is 47.7 Å². The maximum Gasteiger partial charge on any atom is 0.269 e. The smallest absolute Gasteiger partial charge is 0.269 e. The molecule has 14 aromatic rings. The van der Waals surface area contributed by atoms with E-state index in [1.54, 1.807) is 73.2 Å². The van der Waals surface area contributed by atoms with Crippen LogP contribution in [0.2, 0.25) is 0 Å². The molecule has 3 fully saturated rings. The number of rotatable bonds is 16. The zero-order valence-corrected chi connectivity index (χ0v) is 58.6. The Morgan fingerprint density at radius 1 is 0.387 bits per heavy atom. The third kappa shape index (κ3) is 12.5. The van der Waals surface area contributed by atoms with Crippen molar-refractivity contribution in [2.75, 3.05) is 26.4 Å². The van der Waals surface area contributed by atoms with E-state index in [4.69, 9.17) is 39.1 Å². The van der Waals surface area contributed by atoms with E-state index in [-0.39, 0.29) is 30.6 Å². The number of fused-ring (bicyclic) bond motifs is 2. The lowest BCUT2D eigenvalue weighted by Gasteiger charge is -2.36. The highest BCUT2D eigenvalue weighted by Crippen LogP contribution is 2.48. The Morgan fingerprint density at radius 3 is 1.10 bits per heavy atom. The van der Waals surface area contributed by atoms with Crippen molar-refractivity contribution in [1.29, 1.82) is 0 Å². The van der Waals surface area contributed by atoms with E-state index in [0.717, 1.165) is 116 Å². The third-order valence-electron chi connectivity index (χ3n) is 21.1. The Balaban J connectivity index is 0.000000167. The molecule has 0 radical (unpaired) electrons. The van der Waals surface area contributed by atoms with Gasteiger partial charge >= 0.3 is 0 Å². The first-order valence-electron chi connectivity index (χ1n) is 35.3. The quantitative estimate of drug-likeness (QED) is 0.0838. The van der Waals surface area contributed by atoms with Gasteiger partial charge in [-0.05, 0) is 112 Å². The van der Waals surface area contributed by atoms with Crippen molar-refractivity contribution in [2.24, 2.45) is 0 Å². The average molecular weight is 1440 g/mol. The molecule has 2 spiro atoms. The molecule has 18 rings (SSSR count). The summed E-state index contributed by atoms with van der Waals surface area (Å²) in [4.78, 5) is 10.1. The lowest BCUT2D eigenvalue weighted by Crippen LogP contribution is -2.38. The summed E-state index contributed by atoms with van der Waals surface area (Å²) in [6.45, 7) is 2.49. The predicted octanol–water partition coefficient (Wildman–Crippen LogP) is 17.9. The van der Waals surface area contributed by atoms with Crippen LogP contribution in [0.1, 0.15) is 110 Å². The van der Waals surface area contributed by atoms with Gasteiger partial charge in [0.2, 0.25) is 0 Å². The molecule has 2 aliphatic carbocycles. The fourth-order valence-electron chi connectivity index (χ4n) is 16.0. The standard InChI is InChI=1S/C43H38N4O4S.C43H36N4O4S.2CH4/c2*48-52(49,38-19-11-4-12-20-38)46-31-40(39-27-33(28-44-41(39)46)32-21-23-42(24-22-32)50-25-26-51-42)34-29-45-47(30-34)43(35-13-5-1-6-14-35,36-15-7-2-8-16-36)37-17-9-3-10-18-37;;/h1-20,27-32H,21-26H2;1-21,27-31H,22-26H2;2*1H4. The van der Waals surface area contributed by atoms with Crippen LogP contribution in [0.15, 0.2) is 320 Å². The monoisotopic (exact) mass is 1440 g/mol. The van der Waals surface area contributed by atoms with Crippen molar-refractivity contribution in [1.82, 2.24) is 37.5 Å². The zero-order chi connectivity index (χ0) is 70.4. The second-order valence-electron chi connectivity index (χ2n) is 26.9. The van der Waals surface area contributed by atoms with Crippen LogP contribution in [0.3, 0.4) is 0 Å². The fraction of sp³-hybridized carbons (Fsp3) is 0.205. The molecule has 8 heterocycles. The summed E-state index contributed by atoms with van der Waals surface area (Å²) in [6, 6.07) is 83.4. The lowest BCUT2D eigenvalue weighted by atomic mass is 9.77. The second kappa shape index (κ2) is 29.2. The second-order valence-corrected chi connectivity index (χ2v) is 30.6. The molecule has 0 unspecified atom stereocenters. The van der Waals surface area contributed by atoms with Crippen molar-refractivity contribution < 1.29 is 35.8 Å². The van der Waals surface area contributed by atoms with Crippen molar-refractivity contribution in [3.8, 4) is 22.3 Å². The van der Waals surface area contributed by atoms with Crippen LogP contribution in [0.5, 0.6) is 0 Å². The first-order chi connectivity index (χ1) is 51.0. The highest BCUT2D eigenvalue weighted by molar-refractivity contribution is 7.90. The molecule has 1 saturated carbocycles. The molecule has 4 aliphatic rings. The molecule has 16 nitrogen and oxygen atoms in total. The van der Waals surface area contributed by atoms with Crippen LogP contribution in [-0.4, -0.2) is 92.3 Å². The van der Waals surface area contributed by atoms with E-state index >= 15 is 0 Å². The summed E-state index contributed by atoms with van der Waals surface area (Å²) >= 11 is 0. The molecule has 106 heavy (non-hydrogen) atoms. The van der Waals surface area contributed by atoms with Crippen LogP contribution in [-0.2, 0) is 50.1 Å². The van der Waals surface area contributed by atoms with Crippen molar-refractivity contribution in [3.05, 3.63) is 355 Å². The van der Waals surface area contributed by atoms with Gasteiger partial charge in [0.25, 0.3) is 20.0 Å². The number of nitrogens with zero attached hydrogens (tertiary/aromatic N) is 8. The minimum atomic E-state index is -3.98. The summed E-state index contributed by atoms with van der Waals surface area (Å²) in [5.74, 6) is -0.762. The van der Waals surface area contributed by atoms with E-state index < -0.39 is 42.7 Å². The minimum absolute atomic E-state index is 0. The van der Waals surface area contributed by atoms with Crippen molar-refractivity contribution in [3.63, 3.8) is 0 Å². The van der Waals surface area contributed by atoms with Crippen LogP contribution < -0.4 is 0 Å². The first-order valence-corrected chi connectivity index (χ1v) is 38.2. The van der Waals surface area contributed by atoms with Gasteiger partial charge in [-0.25, -0.2) is 34.7 Å². The van der Waals surface area contributed by atoms with Crippen LogP contribution in [0, 0.1) is 0 Å². The van der Waals surface area contributed by atoms with E-state index in [1.807, 2.05) is 156 Å². The van der Waals surface area contributed by atoms with E-state index in [0.29, 0.717) is 49.7 Å². The van der Waals surface area contributed by atoms with Gasteiger partial charge in [0.1, 0.15) is 11.1 Å². The summed E-state index contributed by atoms with van der Waals surface area (Å²) in [7, 11) is -7.94. The summed E-state index contributed by atoms with van der Waals surface area (Å²) in [5, 5.41) is 11.7. The third-order valence-corrected chi connectivity index (χ3v) is 24.4. The molecule has 2 aliphatic heterocycles. The maximum atomic E-state index is 14.2. The molecule has 0 atom stereocenters. The van der Waals surface area contributed by atoms with E-state index in [2.05, 4.69) is 91.0 Å². The van der Waals surface area contributed by atoms with Crippen LogP contribution in [0.25, 0.3) is 49.9 Å². The van der Waals surface area contributed by atoms with Gasteiger partial charge in [-0.15, -0.1) is 0 Å².